The molecular weight excluding hydrogens is 324 g/mol. The summed E-state index contributed by atoms with van der Waals surface area (Å²) in [6.07, 6.45) is 3.58. The average Bonchev–Trinajstić information content (AvgIpc) is 3.08. The Bertz CT molecular complexity index is 589. The highest BCUT2D eigenvalue weighted by Gasteiger charge is 2.41. The Morgan fingerprint density at radius 2 is 1.96 bits per heavy atom. The lowest BCUT2D eigenvalue weighted by molar-refractivity contribution is -0.637. The highest BCUT2D eigenvalue weighted by atomic mass is 35.5. The van der Waals surface area contributed by atoms with Crippen LogP contribution >= 0.6 is 0 Å². The molecule has 2 N–H and O–H groups in total. The van der Waals surface area contributed by atoms with Crippen LogP contribution in [-0.2, 0) is 16.0 Å². The molecule has 1 aromatic rings. The first-order valence-corrected chi connectivity index (χ1v) is 8.52. The molecule has 2 aliphatic heterocycles. The van der Waals surface area contributed by atoms with Crippen molar-refractivity contribution in [2.75, 3.05) is 13.1 Å². The second-order valence-electron chi connectivity index (χ2n) is 7.47. The normalized spacial score (nSPS) is 23.9. The molecule has 2 aliphatic rings. The van der Waals surface area contributed by atoms with Gasteiger partial charge in [-0.05, 0) is 26.3 Å². The fourth-order valence-electron chi connectivity index (χ4n) is 3.50. The Kier molecular flexibility index (Phi) is 5.94. The van der Waals surface area contributed by atoms with Gasteiger partial charge >= 0.3 is 0 Å². The van der Waals surface area contributed by atoms with Crippen molar-refractivity contribution >= 4 is 5.91 Å². The van der Waals surface area contributed by atoms with Crippen molar-refractivity contribution in [3.05, 3.63) is 47.7 Å². The highest BCUT2D eigenvalue weighted by Crippen LogP contribution is 2.30. The van der Waals surface area contributed by atoms with Crippen LogP contribution in [0.2, 0.25) is 0 Å². The van der Waals surface area contributed by atoms with Crippen molar-refractivity contribution < 1.29 is 27.3 Å². The van der Waals surface area contributed by atoms with Crippen LogP contribution in [0.5, 0.6) is 0 Å². The number of hydrogen-bond donors (Lipinski definition) is 1. The van der Waals surface area contributed by atoms with Crippen molar-refractivity contribution in [1.29, 1.82) is 0 Å². The van der Waals surface area contributed by atoms with Crippen LogP contribution in [0.1, 0.15) is 32.8 Å². The quantitative estimate of drug-likeness (QED) is 0.717. The van der Waals surface area contributed by atoms with Crippen LogP contribution in [0.4, 0.5) is 0 Å². The van der Waals surface area contributed by atoms with Crippen LogP contribution in [-0.4, -0.2) is 41.6 Å². The Balaban J connectivity index is 0.00000208. The second-order valence-corrected chi connectivity index (χ2v) is 7.47. The lowest BCUT2D eigenvalue weighted by Crippen LogP contribution is -3.00. The number of carbonyl (C=O) groups is 1. The van der Waals surface area contributed by atoms with E-state index in [1.807, 2.05) is 39.0 Å². The number of halogens is 1. The monoisotopic (exact) mass is 350 g/mol. The third-order valence-corrected chi connectivity index (χ3v) is 4.42. The van der Waals surface area contributed by atoms with E-state index in [2.05, 4.69) is 22.3 Å². The summed E-state index contributed by atoms with van der Waals surface area (Å²) in [5.41, 5.74) is 0.946. The van der Waals surface area contributed by atoms with E-state index in [1.165, 1.54) is 5.56 Å². The van der Waals surface area contributed by atoms with Crippen LogP contribution in [0.3, 0.4) is 0 Å². The molecule has 1 amide bonds. The van der Waals surface area contributed by atoms with Crippen LogP contribution in [0.25, 0.3) is 0 Å². The molecule has 0 spiro atoms. The number of nitrogens with two attached hydrogens (primary N) is 1. The van der Waals surface area contributed by atoms with E-state index in [9.17, 15) is 4.79 Å². The van der Waals surface area contributed by atoms with Gasteiger partial charge in [-0.1, -0.05) is 30.3 Å². The molecule has 0 unspecified atom stereocenters. The van der Waals surface area contributed by atoms with Crippen molar-refractivity contribution in [3.8, 4) is 0 Å². The maximum absolute atomic E-state index is 12.6. The minimum atomic E-state index is -0.293. The van der Waals surface area contributed by atoms with Crippen molar-refractivity contribution in [3.63, 3.8) is 0 Å². The van der Waals surface area contributed by atoms with E-state index in [-0.39, 0.29) is 30.0 Å². The standard InChI is InChI=1S/C19H26N2O2.ClH/c1-19(2,3)23-17-12-18(22)21(15-9-10-20-13-15)16(17)11-14-7-5-4-6-8-14;/h4-8,12,15-16,20H,9-11,13H2,1-3H3;1H/t15-,16-;/m0./s1. The second kappa shape index (κ2) is 7.58. The highest BCUT2D eigenvalue weighted by molar-refractivity contribution is 5.91. The molecule has 2 heterocycles. The average molecular weight is 351 g/mol. The Morgan fingerprint density at radius 3 is 2.54 bits per heavy atom. The maximum Gasteiger partial charge on any atom is 0.251 e. The summed E-state index contributed by atoms with van der Waals surface area (Å²) in [7, 11) is 0. The summed E-state index contributed by atoms with van der Waals surface area (Å²) in [6.45, 7) is 8.19. The lowest BCUT2D eigenvalue weighted by Gasteiger charge is -2.33. The first-order valence-electron chi connectivity index (χ1n) is 8.52. The van der Waals surface area contributed by atoms with Gasteiger partial charge in [-0.3, -0.25) is 4.79 Å². The largest absolute Gasteiger partial charge is 1.00 e. The molecule has 0 radical (unpaired) electrons. The summed E-state index contributed by atoms with van der Waals surface area (Å²) < 4.78 is 6.13. The van der Waals surface area contributed by atoms with Gasteiger partial charge in [0, 0.05) is 18.9 Å². The molecule has 0 bridgehead atoms. The Hall–Kier alpha value is -1.52. The fraction of sp³-hybridized carbons (Fsp3) is 0.526. The van der Waals surface area contributed by atoms with E-state index in [0.717, 1.165) is 31.7 Å². The molecule has 1 fully saturated rings. The van der Waals surface area contributed by atoms with Gasteiger partial charge in [0.05, 0.1) is 25.2 Å². The molecule has 0 aromatic heterocycles. The van der Waals surface area contributed by atoms with Crippen molar-refractivity contribution in [1.82, 2.24) is 4.90 Å². The number of benzene rings is 1. The molecule has 0 aliphatic carbocycles. The predicted molar refractivity (Wildman–Crippen MR) is 89.8 cm³/mol. The molecule has 1 aromatic carbocycles. The maximum atomic E-state index is 12.6. The molecular formula is C19H27ClN2O2. The molecule has 5 heteroatoms. The summed E-state index contributed by atoms with van der Waals surface area (Å²) in [6, 6.07) is 10.7. The first kappa shape index (κ1) is 18.8. The summed E-state index contributed by atoms with van der Waals surface area (Å²) in [5.74, 6) is 0.920. The van der Waals surface area contributed by atoms with Gasteiger partial charge in [-0.2, -0.15) is 0 Å². The smallest absolute Gasteiger partial charge is 0.251 e. The van der Waals surface area contributed by atoms with E-state index in [0.29, 0.717) is 6.04 Å². The SMILES string of the molecule is CC(C)(C)OC1=CC(=O)N([C@H]2CC[NH2+]C2)[C@H]1Cc1ccccc1.[Cl-]. The molecule has 132 valence electrons. The number of amides is 1. The molecule has 4 nitrogen and oxygen atoms in total. The Morgan fingerprint density at radius 1 is 1.25 bits per heavy atom. The topological polar surface area (TPSA) is 46.1 Å². The zero-order valence-corrected chi connectivity index (χ0v) is 15.4. The van der Waals surface area contributed by atoms with Crippen LogP contribution in [0, 0.1) is 0 Å². The zero-order chi connectivity index (χ0) is 16.4. The number of nitrogens with zero attached hydrogens (tertiary/aromatic N) is 1. The number of ether oxygens (including phenoxy) is 1. The van der Waals surface area contributed by atoms with Gasteiger partial charge < -0.3 is 27.4 Å². The van der Waals surface area contributed by atoms with Crippen molar-refractivity contribution in [2.24, 2.45) is 0 Å². The molecule has 24 heavy (non-hydrogen) atoms. The van der Waals surface area contributed by atoms with Crippen molar-refractivity contribution in [2.45, 2.75) is 51.3 Å². The van der Waals surface area contributed by atoms with Gasteiger partial charge in [-0.25, -0.2) is 0 Å². The lowest BCUT2D eigenvalue weighted by atomic mass is 10.0. The van der Waals surface area contributed by atoms with Crippen LogP contribution in [0.15, 0.2) is 42.2 Å². The minimum Gasteiger partial charge on any atom is -1.00 e. The van der Waals surface area contributed by atoms with Gasteiger partial charge in [0.1, 0.15) is 11.4 Å². The van der Waals surface area contributed by atoms with Gasteiger partial charge in [0.25, 0.3) is 5.91 Å². The molecule has 0 saturated carbocycles. The summed E-state index contributed by atoms with van der Waals surface area (Å²) >= 11 is 0. The number of carbonyl (C=O) groups excluding carboxylic acids is 1. The number of hydrogen-bond acceptors (Lipinski definition) is 2. The number of rotatable bonds is 4. The third kappa shape index (κ3) is 4.31. The molecule has 3 rings (SSSR count). The van der Waals surface area contributed by atoms with E-state index in [1.54, 1.807) is 6.08 Å². The van der Waals surface area contributed by atoms with Gasteiger partial charge in [0.15, 0.2) is 0 Å². The number of quaternary nitrogens is 1. The molecule has 1 saturated heterocycles. The first-order chi connectivity index (χ1) is 10.9. The Labute approximate surface area is 150 Å². The van der Waals surface area contributed by atoms with Gasteiger partial charge in [0.2, 0.25) is 0 Å². The summed E-state index contributed by atoms with van der Waals surface area (Å²) in [4.78, 5) is 14.7. The minimum absolute atomic E-state index is 0. The van der Waals surface area contributed by atoms with E-state index < -0.39 is 0 Å². The van der Waals surface area contributed by atoms with E-state index >= 15 is 0 Å². The fourth-order valence-corrected chi connectivity index (χ4v) is 3.50. The zero-order valence-electron chi connectivity index (χ0n) is 14.7. The summed E-state index contributed by atoms with van der Waals surface area (Å²) in [5, 5.41) is 2.29. The van der Waals surface area contributed by atoms with Gasteiger partial charge in [-0.15, -0.1) is 0 Å². The molecule has 2 atom stereocenters. The van der Waals surface area contributed by atoms with E-state index in [4.69, 9.17) is 4.74 Å². The third-order valence-electron chi connectivity index (χ3n) is 4.42. The predicted octanol–water partition coefficient (Wildman–Crippen LogP) is -1.52. The van der Waals surface area contributed by atoms with Crippen LogP contribution < -0.4 is 17.7 Å².